The molecular weight excluding hydrogens is 359 g/mol. The number of benzene rings is 1. The molecule has 1 amide bonds. The standard InChI is InChI=1S/C20H14B3N5O/c1-28-11-24-10-17(28)15-7-4-13-9-25-18(8-16(13)26-15)27-19(29)12-2-5-14(6-3-12)20(21,22)23/h2-11H,1H3,(H,25,27,29). The number of aromatic nitrogens is 4. The number of aryl methyl sites for hydroxylation is 1. The normalized spacial score (nSPS) is 11.5. The third-order valence-electron chi connectivity index (χ3n) is 4.54. The van der Waals surface area contributed by atoms with Crippen LogP contribution in [0, 0.1) is 0 Å². The molecule has 6 nitrogen and oxygen atoms in total. The lowest BCUT2D eigenvalue weighted by Crippen LogP contribution is -2.27. The van der Waals surface area contributed by atoms with Crippen molar-refractivity contribution >= 4 is 46.2 Å². The van der Waals surface area contributed by atoms with Crippen LogP contribution in [0.1, 0.15) is 15.9 Å². The molecule has 0 unspecified atom stereocenters. The fraction of sp³-hybridized carbons (Fsp3) is 0.100. The summed E-state index contributed by atoms with van der Waals surface area (Å²) < 4.78 is 1.89. The predicted molar refractivity (Wildman–Crippen MR) is 115 cm³/mol. The van der Waals surface area contributed by atoms with Gasteiger partial charge in [0.1, 0.15) is 5.82 Å². The van der Waals surface area contributed by atoms with Gasteiger partial charge in [-0.1, -0.05) is 17.7 Å². The van der Waals surface area contributed by atoms with Crippen molar-refractivity contribution in [3.8, 4) is 11.4 Å². The van der Waals surface area contributed by atoms with Crippen molar-refractivity contribution in [1.29, 1.82) is 0 Å². The van der Waals surface area contributed by atoms with Crippen LogP contribution in [0.15, 0.2) is 61.2 Å². The molecule has 0 saturated carbocycles. The Balaban J connectivity index is 1.59. The first-order valence-corrected chi connectivity index (χ1v) is 8.83. The maximum absolute atomic E-state index is 12.5. The van der Waals surface area contributed by atoms with Gasteiger partial charge in [0.15, 0.2) is 0 Å². The van der Waals surface area contributed by atoms with Gasteiger partial charge in [-0.05, 0) is 24.3 Å². The molecule has 0 spiro atoms. The van der Waals surface area contributed by atoms with Crippen LogP contribution >= 0.6 is 0 Å². The van der Waals surface area contributed by atoms with Gasteiger partial charge in [-0.2, -0.15) is 0 Å². The van der Waals surface area contributed by atoms with Gasteiger partial charge in [-0.25, -0.2) is 15.0 Å². The summed E-state index contributed by atoms with van der Waals surface area (Å²) in [6.07, 6.45) is 5.13. The first-order chi connectivity index (χ1) is 13.8. The number of carbonyl (C=O) groups excluding carboxylic acids is 1. The number of carbonyl (C=O) groups is 1. The van der Waals surface area contributed by atoms with E-state index in [9.17, 15) is 4.79 Å². The van der Waals surface area contributed by atoms with Crippen LogP contribution in [-0.2, 0) is 12.2 Å². The summed E-state index contributed by atoms with van der Waals surface area (Å²) in [7, 11) is 18.9. The summed E-state index contributed by atoms with van der Waals surface area (Å²) in [5, 5.41) is 2.18. The number of nitrogens with zero attached hydrogens (tertiary/aromatic N) is 4. The van der Waals surface area contributed by atoms with Crippen molar-refractivity contribution in [2.45, 2.75) is 5.11 Å². The van der Waals surface area contributed by atoms with Crippen molar-refractivity contribution in [2.24, 2.45) is 7.05 Å². The average molecular weight is 373 g/mol. The van der Waals surface area contributed by atoms with E-state index in [0.717, 1.165) is 16.8 Å². The Hall–Kier alpha value is -3.35. The van der Waals surface area contributed by atoms with E-state index in [2.05, 4.69) is 20.3 Å². The summed E-state index contributed by atoms with van der Waals surface area (Å²) in [4.78, 5) is 25.6. The number of pyridine rings is 2. The highest BCUT2D eigenvalue weighted by Gasteiger charge is 2.14. The zero-order chi connectivity index (χ0) is 20.6. The number of amides is 1. The summed E-state index contributed by atoms with van der Waals surface area (Å²) in [5.41, 5.74) is 3.33. The van der Waals surface area contributed by atoms with Crippen LogP contribution in [0.25, 0.3) is 22.3 Å². The first kappa shape index (κ1) is 19.0. The van der Waals surface area contributed by atoms with Gasteiger partial charge in [-0.3, -0.25) is 4.79 Å². The lowest BCUT2D eigenvalue weighted by molar-refractivity contribution is 0.102. The van der Waals surface area contributed by atoms with Gasteiger partial charge in [0.05, 0.1) is 53.0 Å². The molecule has 134 valence electrons. The minimum atomic E-state index is -1.45. The fourth-order valence-electron chi connectivity index (χ4n) is 2.93. The minimum Gasteiger partial charge on any atom is -0.332 e. The van der Waals surface area contributed by atoms with E-state index in [1.807, 2.05) is 23.7 Å². The number of imidazole rings is 1. The second-order valence-corrected chi connectivity index (χ2v) is 6.81. The number of anilines is 1. The second kappa shape index (κ2) is 7.24. The molecule has 4 rings (SSSR count). The van der Waals surface area contributed by atoms with Gasteiger partial charge in [0, 0.05) is 30.3 Å². The maximum atomic E-state index is 12.5. The number of hydrogen-bond acceptors (Lipinski definition) is 4. The zero-order valence-corrected chi connectivity index (χ0v) is 15.7. The number of nitrogens with one attached hydrogen (secondary N) is 1. The van der Waals surface area contributed by atoms with E-state index < -0.39 is 5.11 Å². The number of hydrogen-bond donors (Lipinski definition) is 1. The zero-order valence-electron chi connectivity index (χ0n) is 15.7. The quantitative estimate of drug-likeness (QED) is 0.555. The van der Waals surface area contributed by atoms with Gasteiger partial charge >= 0.3 is 0 Å². The van der Waals surface area contributed by atoms with E-state index in [4.69, 9.17) is 23.5 Å². The molecule has 4 aromatic rings. The third kappa shape index (κ3) is 3.94. The van der Waals surface area contributed by atoms with Crippen LogP contribution in [-0.4, -0.2) is 49.0 Å². The van der Waals surface area contributed by atoms with Crippen molar-refractivity contribution in [3.05, 3.63) is 72.3 Å². The van der Waals surface area contributed by atoms with Crippen molar-refractivity contribution in [3.63, 3.8) is 0 Å². The predicted octanol–water partition coefficient (Wildman–Crippen LogP) is 1.90. The summed E-state index contributed by atoms with van der Waals surface area (Å²) >= 11 is 0. The van der Waals surface area contributed by atoms with E-state index in [1.165, 1.54) is 0 Å². The lowest BCUT2D eigenvalue weighted by Gasteiger charge is -2.20. The second-order valence-electron chi connectivity index (χ2n) is 6.81. The molecule has 0 saturated heterocycles. The SMILES string of the molecule is [B]C([B])([B])c1ccc(C(=O)Nc2cc3nc(-c4cncn4C)ccc3cn2)cc1. The molecule has 3 aromatic heterocycles. The van der Waals surface area contributed by atoms with Crippen LogP contribution in [0.3, 0.4) is 0 Å². The molecule has 0 atom stereocenters. The molecule has 1 N–H and O–H groups in total. The smallest absolute Gasteiger partial charge is 0.256 e. The Morgan fingerprint density at radius 1 is 1.07 bits per heavy atom. The Morgan fingerprint density at radius 3 is 2.48 bits per heavy atom. The highest BCUT2D eigenvalue weighted by molar-refractivity contribution is 6.58. The van der Waals surface area contributed by atoms with Crippen LogP contribution in [0.2, 0.25) is 0 Å². The average Bonchev–Trinajstić information content (AvgIpc) is 3.13. The van der Waals surface area contributed by atoms with Gasteiger partial charge in [0.25, 0.3) is 5.91 Å². The van der Waals surface area contributed by atoms with Crippen LogP contribution < -0.4 is 5.32 Å². The minimum absolute atomic E-state index is 0.317. The van der Waals surface area contributed by atoms with Crippen molar-refractivity contribution in [1.82, 2.24) is 19.5 Å². The number of fused-ring (bicyclic) bond motifs is 1. The molecule has 0 fully saturated rings. The number of rotatable bonds is 4. The molecule has 6 radical (unpaired) electrons. The molecule has 0 aliphatic heterocycles. The van der Waals surface area contributed by atoms with E-state index >= 15 is 0 Å². The third-order valence-corrected chi connectivity index (χ3v) is 4.54. The Morgan fingerprint density at radius 2 is 1.83 bits per heavy atom. The topological polar surface area (TPSA) is 72.7 Å². The van der Waals surface area contributed by atoms with Crippen LogP contribution in [0.5, 0.6) is 0 Å². The van der Waals surface area contributed by atoms with Gasteiger partial charge in [0.2, 0.25) is 0 Å². The molecule has 1 aromatic carbocycles. The summed E-state index contributed by atoms with van der Waals surface area (Å²) in [6, 6.07) is 12.0. The fourth-order valence-corrected chi connectivity index (χ4v) is 2.93. The Bertz CT molecular complexity index is 1200. The first-order valence-electron chi connectivity index (χ1n) is 8.83. The van der Waals surface area contributed by atoms with Gasteiger partial charge in [-0.15, -0.1) is 5.11 Å². The van der Waals surface area contributed by atoms with Crippen molar-refractivity contribution in [2.75, 3.05) is 5.32 Å². The van der Waals surface area contributed by atoms with Gasteiger partial charge < -0.3 is 9.88 Å². The lowest BCUT2D eigenvalue weighted by atomic mass is 9.40. The maximum Gasteiger partial charge on any atom is 0.256 e. The van der Waals surface area contributed by atoms with E-state index in [0.29, 0.717) is 22.5 Å². The molecule has 0 aliphatic rings. The Kier molecular flexibility index (Phi) is 4.74. The molecule has 3 heterocycles. The molecule has 9 heteroatoms. The highest BCUT2D eigenvalue weighted by Crippen LogP contribution is 2.22. The molecule has 29 heavy (non-hydrogen) atoms. The Labute approximate surface area is 172 Å². The largest absolute Gasteiger partial charge is 0.332 e. The molecule has 0 aliphatic carbocycles. The van der Waals surface area contributed by atoms with Crippen LogP contribution in [0.4, 0.5) is 5.82 Å². The van der Waals surface area contributed by atoms with E-state index in [-0.39, 0.29) is 5.91 Å². The highest BCUT2D eigenvalue weighted by atomic mass is 16.1. The monoisotopic (exact) mass is 373 g/mol. The van der Waals surface area contributed by atoms with E-state index in [1.54, 1.807) is 49.1 Å². The molecule has 0 bridgehead atoms. The molecular formula is C20H14B3N5O. The van der Waals surface area contributed by atoms with Crippen molar-refractivity contribution < 1.29 is 4.79 Å². The summed E-state index contributed by atoms with van der Waals surface area (Å²) in [5.74, 6) is 0.0786. The summed E-state index contributed by atoms with van der Waals surface area (Å²) in [6.45, 7) is 0.